The SMILES string of the molecule is CCN1CCN(C(=O)C2CCCN(c3nc4c(c(=O)n(C)c(=O)n4C)n3Cc3c(F)cccc3Cl)C2)CC1. The zero-order valence-corrected chi connectivity index (χ0v) is 22.7. The van der Waals surface area contributed by atoms with Crippen LogP contribution in [0.25, 0.3) is 11.2 Å². The normalized spacial score (nSPS) is 18.9. The Kier molecular flexibility index (Phi) is 7.32. The van der Waals surface area contributed by atoms with Gasteiger partial charge >= 0.3 is 5.69 Å². The lowest BCUT2D eigenvalue weighted by atomic mass is 9.96. The molecule has 204 valence electrons. The van der Waals surface area contributed by atoms with Gasteiger partial charge in [0.15, 0.2) is 11.2 Å². The minimum atomic E-state index is -0.521. The third-order valence-electron chi connectivity index (χ3n) is 7.89. The first kappa shape index (κ1) is 26.4. The second-order valence-corrected chi connectivity index (χ2v) is 10.5. The minimum absolute atomic E-state index is 0.0428. The highest BCUT2D eigenvalue weighted by atomic mass is 35.5. The van der Waals surface area contributed by atoms with Crippen molar-refractivity contribution in [1.29, 1.82) is 0 Å². The Bertz CT molecular complexity index is 1470. The zero-order chi connectivity index (χ0) is 27.1. The van der Waals surface area contributed by atoms with Crippen LogP contribution < -0.4 is 16.1 Å². The number of carbonyl (C=O) groups is 1. The quantitative estimate of drug-likeness (QED) is 0.484. The summed E-state index contributed by atoms with van der Waals surface area (Å²) >= 11 is 6.36. The number of piperazine rings is 1. The summed E-state index contributed by atoms with van der Waals surface area (Å²) in [6.45, 7) is 7.27. The van der Waals surface area contributed by atoms with Gasteiger partial charge in [-0.1, -0.05) is 24.6 Å². The van der Waals surface area contributed by atoms with Gasteiger partial charge in [-0.3, -0.25) is 23.3 Å². The summed E-state index contributed by atoms with van der Waals surface area (Å²) in [6, 6.07) is 4.44. The van der Waals surface area contributed by atoms with Crippen LogP contribution >= 0.6 is 11.6 Å². The first-order chi connectivity index (χ1) is 18.2. The van der Waals surface area contributed by atoms with E-state index in [1.54, 1.807) is 17.7 Å². The zero-order valence-electron chi connectivity index (χ0n) is 22.0. The molecule has 1 amide bonds. The van der Waals surface area contributed by atoms with Gasteiger partial charge in [-0.2, -0.15) is 4.98 Å². The van der Waals surface area contributed by atoms with Crippen molar-refractivity contribution in [3.05, 3.63) is 55.4 Å². The van der Waals surface area contributed by atoms with Crippen molar-refractivity contribution in [3.63, 3.8) is 0 Å². The first-order valence-corrected chi connectivity index (χ1v) is 13.4. The molecule has 0 radical (unpaired) electrons. The number of hydrogen-bond acceptors (Lipinski definition) is 6. The molecule has 12 heteroatoms. The van der Waals surface area contributed by atoms with E-state index in [-0.39, 0.29) is 40.1 Å². The number of benzene rings is 1. The number of fused-ring (bicyclic) bond motifs is 1. The summed E-state index contributed by atoms with van der Waals surface area (Å²) in [4.78, 5) is 50.4. The topological polar surface area (TPSA) is 88.6 Å². The van der Waals surface area contributed by atoms with Crippen molar-refractivity contribution in [3.8, 4) is 0 Å². The molecule has 2 aromatic heterocycles. The van der Waals surface area contributed by atoms with E-state index in [0.717, 1.165) is 37.0 Å². The summed E-state index contributed by atoms with van der Waals surface area (Å²) in [5.74, 6) is -0.154. The van der Waals surface area contributed by atoms with E-state index in [1.165, 1.54) is 23.7 Å². The molecule has 2 fully saturated rings. The monoisotopic (exact) mass is 545 g/mol. The van der Waals surface area contributed by atoms with Crippen LogP contribution in [0.5, 0.6) is 0 Å². The van der Waals surface area contributed by atoms with Crippen LogP contribution in [0.1, 0.15) is 25.3 Å². The van der Waals surface area contributed by atoms with Crippen molar-refractivity contribution >= 4 is 34.6 Å². The number of aryl methyl sites for hydroxylation is 1. The first-order valence-electron chi connectivity index (χ1n) is 13.1. The maximum absolute atomic E-state index is 14.8. The summed E-state index contributed by atoms with van der Waals surface area (Å²) in [7, 11) is 2.96. The number of rotatable bonds is 5. The van der Waals surface area contributed by atoms with Gasteiger partial charge in [0.2, 0.25) is 11.9 Å². The van der Waals surface area contributed by atoms with Crippen molar-refractivity contribution in [2.24, 2.45) is 20.0 Å². The van der Waals surface area contributed by atoms with Crippen LogP contribution in [-0.4, -0.2) is 80.2 Å². The van der Waals surface area contributed by atoms with Crippen LogP contribution in [0, 0.1) is 11.7 Å². The second-order valence-electron chi connectivity index (χ2n) is 10.1. The Balaban J connectivity index is 1.54. The van der Waals surface area contributed by atoms with Gasteiger partial charge < -0.3 is 14.7 Å². The predicted octanol–water partition coefficient (Wildman–Crippen LogP) is 1.66. The number of hydrogen-bond donors (Lipinski definition) is 0. The molecule has 2 aliphatic heterocycles. The van der Waals surface area contributed by atoms with Gasteiger partial charge in [-0.25, -0.2) is 9.18 Å². The lowest BCUT2D eigenvalue weighted by Gasteiger charge is -2.39. The molecule has 2 saturated heterocycles. The van der Waals surface area contributed by atoms with Gasteiger partial charge in [0, 0.05) is 63.9 Å². The number of anilines is 1. The molecule has 3 aromatic rings. The van der Waals surface area contributed by atoms with Gasteiger partial charge in [0.05, 0.1) is 12.5 Å². The van der Waals surface area contributed by atoms with Crippen LogP contribution in [-0.2, 0) is 25.4 Å². The molecule has 10 nitrogen and oxygen atoms in total. The molecular formula is C26H33ClFN7O3. The molecule has 0 aliphatic carbocycles. The number of amides is 1. The van der Waals surface area contributed by atoms with Crippen LogP contribution in [0.3, 0.4) is 0 Å². The number of imidazole rings is 1. The highest BCUT2D eigenvalue weighted by molar-refractivity contribution is 6.31. The number of aromatic nitrogens is 4. The van der Waals surface area contributed by atoms with Gasteiger partial charge in [0.1, 0.15) is 5.82 Å². The van der Waals surface area contributed by atoms with Crippen molar-refractivity contribution in [1.82, 2.24) is 28.5 Å². The maximum Gasteiger partial charge on any atom is 0.332 e. The summed E-state index contributed by atoms with van der Waals surface area (Å²) < 4.78 is 18.8. The standard InChI is InChI=1S/C26H33ClFN7O3/c1-4-32-11-13-33(14-12-32)23(36)17-7-6-10-34(15-17)25-29-22-21(24(37)31(3)26(38)30(22)2)35(25)16-18-19(27)8-5-9-20(18)28/h5,8-9,17H,4,6-7,10-16H2,1-3H3. The number of carbonyl (C=O) groups excluding carboxylic acids is 1. The lowest BCUT2D eigenvalue weighted by Crippen LogP contribution is -2.52. The third-order valence-corrected chi connectivity index (χ3v) is 8.24. The van der Waals surface area contributed by atoms with Crippen molar-refractivity contribution in [2.45, 2.75) is 26.3 Å². The fourth-order valence-electron chi connectivity index (χ4n) is 5.57. The number of likely N-dealkylation sites (N-methyl/N-ethyl adjacent to an activating group) is 1. The highest BCUT2D eigenvalue weighted by Gasteiger charge is 2.33. The Hall–Kier alpha value is -3.18. The molecule has 0 saturated carbocycles. The van der Waals surface area contributed by atoms with Crippen LogP contribution in [0.2, 0.25) is 5.02 Å². The van der Waals surface area contributed by atoms with Gasteiger partial charge in [-0.15, -0.1) is 0 Å². The van der Waals surface area contributed by atoms with Gasteiger partial charge in [-0.05, 0) is 31.5 Å². The largest absolute Gasteiger partial charge is 0.341 e. The number of halogens is 2. The molecule has 0 N–H and O–H groups in total. The molecule has 4 heterocycles. The molecular weight excluding hydrogens is 513 g/mol. The number of nitrogens with zero attached hydrogens (tertiary/aromatic N) is 7. The van der Waals surface area contributed by atoms with Gasteiger partial charge in [0.25, 0.3) is 5.56 Å². The Labute approximate surface area is 224 Å². The smallest absolute Gasteiger partial charge is 0.332 e. The number of piperidine rings is 1. The van der Waals surface area contributed by atoms with Crippen molar-refractivity contribution in [2.75, 3.05) is 50.7 Å². The molecule has 1 atom stereocenters. The van der Waals surface area contributed by atoms with E-state index in [2.05, 4.69) is 11.8 Å². The fourth-order valence-corrected chi connectivity index (χ4v) is 5.79. The Morgan fingerprint density at radius 1 is 1.11 bits per heavy atom. The Morgan fingerprint density at radius 2 is 1.84 bits per heavy atom. The van der Waals surface area contributed by atoms with E-state index < -0.39 is 17.1 Å². The fraction of sp³-hybridized carbons (Fsp3) is 0.538. The summed E-state index contributed by atoms with van der Waals surface area (Å²) in [6.07, 6.45) is 1.54. The second kappa shape index (κ2) is 10.5. The van der Waals surface area contributed by atoms with Crippen LogP contribution in [0.15, 0.2) is 27.8 Å². The lowest BCUT2D eigenvalue weighted by molar-refractivity contribution is -0.137. The third kappa shape index (κ3) is 4.62. The maximum atomic E-state index is 14.8. The summed E-state index contributed by atoms with van der Waals surface area (Å²) in [5, 5.41) is 0.234. The molecule has 38 heavy (non-hydrogen) atoms. The Morgan fingerprint density at radius 3 is 2.53 bits per heavy atom. The molecule has 1 aromatic carbocycles. The average molecular weight is 546 g/mol. The molecule has 2 aliphatic rings. The van der Waals surface area contributed by atoms with E-state index >= 15 is 0 Å². The molecule has 5 rings (SSSR count). The summed E-state index contributed by atoms with van der Waals surface area (Å²) in [5.41, 5.74) is -0.393. The predicted molar refractivity (Wildman–Crippen MR) is 144 cm³/mol. The van der Waals surface area contributed by atoms with E-state index in [9.17, 15) is 18.8 Å². The molecule has 0 spiro atoms. The van der Waals surface area contributed by atoms with Crippen molar-refractivity contribution < 1.29 is 9.18 Å². The van der Waals surface area contributed by atoms with E-state index in [0.29, 0.717) is 32.1 Å². The van der Waals surface area contributed by atoms with E-state index in [4.69, 9.17) is 16.6 Å². The van der Waals surface area contributed by atoms with Crippen LogP contribution in [0.4, 0.5) is 10.3 Å². The minimum Gasteiger partial charge on any atom is -0.341 e. The van der Waals surface area contributed by atoms with E-state index in [1.807, 2.05) is 9.80 Å². The highest BCUT2D eigenvalue weighted by Crippen LogP contribution is 2.29. The molecule has 0 bridgehead atoms. The average Bonchev–Trinajstić information content (AvgIpc) is 3.32. The molecule has 1 unspecified atom stereocenters.